The molecule has 0 aliphatic carbocycles. The molecule has 0 N–H and O–H groups in total. The van der Waals surface area contributed by atoms with Crippen molar-refractivity contribution in [2.45, 2.75) is 26.4 Å². The highest BCUT2D eigenvalue weighted by Gasteiger charge is 2.31. The third-order valence-electron chi connectivity index (χ3n) is 4.71. The molecule has 0 aliphatic rings. The minimum absolute atomic E-state index is 0.282. The van der Waals surface area contributed by atoms with Crippen LogP contribution in [0, 0.1) is 0 Å². The number of likely N-dealkylation sites (N-methyl/N-ethyl adjacent to an activating group) is 1. The van der Waals surface area contributed by atoms with E-state index >= 15 is 0 Å². The van der Waals surface area contributed by atoms with Crippen LogP contribution in [-0.4, -0.2) is 59.4 Å². The molecule has 0 saturated carbocycles. The standard InChI is InChI=1S/C22H30N2O6S/c1-7-30-19-11-9-18(10-12-19)24(31(6,26)27)16(2)22(25)23(3)15-17-8-13-20(28-4)21(14-17)29-5/h8-14,16H,7,15H2,1-6H3/t16-/m0/s1. The number of anilines is 1. The molecule has 170 valence electrons. The predicted octanol–water partition coefficient (Wildman–Crippen LogP) is 2.92. The van der Waals surface area contributed by atoms with Gasteiger partial charge in [-0.2, -0.15) is 0 Å². The number of carbonyl (C=O) groups excluding carboxylic acids is 1. The fraction of sp³-hybridized carbons (Fsp3) is 0.409. The molecule has 2 aromatic rings. The molecule has 0 saturated heterocycles. The van der Waals surface area contributed by atoms with Crippen molar-refractivity contribution < 1.29 is 27.4 Å². The molecule has 1 atom stereocenters. The highest BCUT2D eigenvalue weighted by atomic mass is 32.2. The first-order valence-electron chi connectivity index (χ1n) is 9.80. The van der Waals surface area contributed by atoms with Gasteiger partial charge in [-0.1, -0.05) is 6.07 Å². The molecule has 0 bridgehead atoms. The fourth-order valence-electron chi connectivity index (χ4n) is 3.31. The van der Waals surface area contributed by atoms with Gasteiger partial charge >= 0.3 is 0 Å². The summed E-state index contributed by atoms with van der Waals surface area (Å²) in [6, 6.07) is 11.1. The zero-order valence-corrected chi connectivity index (χ0v) is 19.6. The quantitative estimate of drug-likeness (QED) is 0.553. The first-order chi connectivity index (χ1) is 14.6. The van der Waals surface area contributed by atoms with Gasteiger partial charge in [-0.25, -0.2) is 8.42 Å². The summed E-state index contributed by atoms with van der Waals surface area (Å²) < 4.78 is 42.1. The lowest BCUT2D eigenvalue weighted by Crippen LogP contribution is -2.48. The van der Waals surface area contributed by atoms with E-state index in [0.29, 0.717) is 29.5 Å². The van der Waals surface area contributed by atoms with E-state index in [1.54, 1.807) is 64.6 Å². The van der Waals surface area contributed by atoms with E-state index in [9.17, 15) is 13.2 Å². The zero-order valence-electron chi connectivity index (χ0n) is 18.8. The molecule has 0 heterocycles. The van der Waals surface area contributed by atoms with Gasteiger partial charge in [0.05, 0.1) is 32.8 Å². The van der Waals surface area contributed by atoms with Crippen molar-refractivity contribution in [1.29, 1.82) is 0 Å². The van der Waals surface area contributed by atoms with E-state index in [1.807, 2.05) is 13.0 Å². The molecule has 31 heavy (non-hydrogen) atoms. The van der Waals surface area contributed by atoms with Gasteiger partial charge in [-0.15, -0.1) is 0 Å². The highest BCUT2D eigenvalue weighted by molar-refractivity contribution is 7.92. The fourth-order valence-corrected chi connectivity index (χ4v) is 4.48. The smallest absolute Gasteiger partial charge is 0.246 e. The molecular formula is C22H30N2O6S. The summed E-state index contributed by atoms with van der Waals surface area (Å²) in [4.78, 5) is 14.6. The number of carbonyl (C=O) groups is 1. The Kier molecular flexibility index (Phi) is 8.15. The number of benzene rings is 2. The van der Waals surface area contributed by atoms with Crippen LogP contribution in [0.5, 0.6) is 17.2 Å². The van der Waals surface area contributed by atoms with E-state index in [4.69, 9.17) is 14.2 Å². The summed E-state index contributed by atoms with van der Waals surface area (Å²) >= 11 is 0. The number of amides is 1. The topological polar surface area (TPSA) is 85.4 Å². The summed E-state index contributed by atoms with van der Waals surface area (Å²) in [5, 5.41) is 0. The van der Waals surface area contributed by atoms with Crippen LogP contribution in [0.2, 0.25) is 0 Å². The largest absolute Gasteiger partial charge is 0.494 e. The Morgan fingerprint density at radius 2 is 1.65 bits per heavy atom. The Hall–Kier alpha value is -2.94. The van der Waals surface area contributed by atoms with E-state index < -0.39 is 16.1 Å². The van der Waals surface area contributed by atoms with Crippen molar-refractivity contribution in [2.75, 3.05) is 38.4 Å². The van der Waals surface area contributed by atoms with Gasteiger partial charge < -0.3 is 19.1 Å². The number of ether oxygens (including phenoxy) is 3. The summed E-state index contributed by atoms with van der Waals surface area (Å²) in [5.74, 6) is 1.44. The monoisotopic (exact) mass is 450 g/mol. The number of methoxy groups -OCH3 is 2. The average Bonchev–Trinajstić information content (AvgIpc) is 2.73. The van der Waals surface area contributed by atoms with Gasteiger partial charge in [0.2, 0.25) is 15.9 Å². The molecular weight excluding hydrogens is 420 g/mol. The van der Waals surface area contributed by atoms with Crippen molar-refractivity contribution in [1.82, 2.24) is 4.90 Å². The second-order valence-electron chi connectivity index (χ2n) is 7.05. The second-order valence-corrected chi connectivity index (χ2v) is 8.90. The molecule has 2 rings (SSSR count). The summed E-state index contributed by atoms with van der Waals surface area (Å²) in [6.45, 7) is 4.23. The van der Waals surface area contributed by atoms with Gasteiger partial charge in [0.25, 0.3) is 0 Å². The average molecular weight is 451 g/mol. The van der Waals surface area contributed by atoms with Crippen molar-refractivity contribution >= 4 is 21.6 Å². The first-order valence-corrected chi connectivity index (χ1v) is 11.6. The van der Waals surface area contributed by atoms with Gasteiger partial charge in [0.15, 0.2) is 11.5 Å². The van der Waals surface area contributed by atoms with E-state index in [-0.39, 0.29) is 12.5 Å². The van der Waals surface area contributed by atoms with Crippen molar-refractivity contribution in [3.8, 4) is 17.2 Å². The minimum atomic E-state index is -3.70. The third-order valence-corrected chi connectivity index (χ3v) is 5.95. The number of rotatable bonds is 10. The maximum absolute atomic E-state index is 13.1. The summed E-state index contributed by atoms with van der Waals surface area (Å²) in [6.07, 6.45) is 1.08. The molecule has 2 aromatic carbocycles. The van der Waals surface area contributed by atoms with Crippen LogP contribution in [0.4, 0.5) is 5.69 Å². The van der Waals surface area contributed by atoms with Crippen molar-refractivity contribution in [3.63, 3.8) is 0 Å². The number of hydrogen-bond donors (Lipinski definition) is 0. The van der Waals surface area contributed by atoms with E-state index in [0.717, 1.165) is 16.1 Å². The van der Waals surface area contributed by atoms with Crippen LogP contribution in [0.3, 0.4) is 0 Å². The molecule has 0 spiro atoms. The van der Waals surface area contributed by atoms with Gasteiger partial charge in [-0.3, -0.25) is 9.10 Å². The Morgan fingerprint density at radius 1 is 1.03 bits per heavy atom. The number of nitrogens with zero attached hydrogens (tertiary/aromatic N) is 2. The first kappa shape index (κ1) is 24.3. The summed E-state index contributed by atoms with van der Waals surface area (Å²) in [7, 11) is 1.02. The van der Waals surface area contributed by atoms with Crippen LogP contribution in [-0.2, 0) is 21.4 Å². The third kappa shape index (κ3) is 6.04. The Balaban J connectivity index is 2.24. The molecule has 1 amide bonds. The molecule has 0 aliphatic heterocycles. The Bertz CT molecular complexity index is 992. The van der Waals surface area contributed by atoms with Crippen LogP contribution < -0.4 is 18.5 Å². The summed E-state index contributed by atoms with van der Waals surface area (Å²) in [5.41, 5.74) is 1.22. The molecule has 0 radical (unpaired) electrons. The normalized spacial score (nSPS) is 12.1. The second kappa shape index (κ2) is 10.4. The molecule has 8 nitrogen and oxygen atoms in total. The van der Waals surface area contributed by atoms with E-state index in [1.165, 1.54) is 4.90 Å². The Morgan fingerprint density at radius 3 is 2.16 bits per heavy atom. The van der Waals surface area contributed by atoms with Gasteiger partial charge in [-0.05, 0) is 55.8 Å². The lowest BCUT2D eigenvalue weighted by Gasteiger charge is -2.31. The predicted molar refractivity (Wildman–Crippen MR) is 120 cm³/mol. The van der Waals surface area contributed by atoms with Crippen LogP contribution >= 0.6 is 0 Å². The lowest BCUT2D eigenvalue weighted by molar-refractivity contribution is -0.131. The molecule has 9 heteroatoms. The van der Waals surface area contributed by atoms with Crippen LogP contribution in [0.1, 0.15) is 19.4 Å². The zero-order chi connectivity index (χ0) is 23.2. The van der Waals surface area contributed by atoms with E-state index in [2.05, 4.69) is 0 Å². The minimum Gasteiger partial charge on any atom is -0.494 e. The van der Waals surface area contributed by atoms with Gasteiger partial charge in [0.1, 0.15) is 11.8 Å². The maximum Gasteiger partial charge on any atom is 0.246 e. The molecule has 0 unspecified atom stereocenters. The Labute approximate surface area is 184 Å². The molecule has 0 fully saturated rings. The number of sulfonamides is 1. The highest BCUT2D eigenvalue weighted by Crippen LogP contribution is 2.28. The SMILES string of the molecule is CCOc1ccc(N([C@@H](C)C(=O)N(C)Cc2ccc(OC)c(OC)c2)S(C)(=O)=O)cc1. The van der Waals surface area contributed by atoms with Crippen LogP contribution in [0.25, 0.3) is 0 Å². The molecule has 0 aromatic heterocycles. The maximum atomic E-state index is 13.1. The number of hydrogen-bond acceptors (Lipinski definition) is 6. The van der Waals surface area contributed by atoms with Crippen LogP contribution in [0.15, 0.2) is 42.5 Å². The lowest BCUT2D eigenvalue weighted by atomic mass is 10.1. The van der Waals surface area contributed by atoms with Gasteiger partial charge in [0, 0.05) is 13.6 Å². The van der Waals surface area contributed by atoms with Crippen molar-refractivity contribution in [2.24, 2.45) is 0 Å². The van der Waals surface area contributed by atoms with Crippen molar-refractivity contribution in [3.05, 3.63) is 48.0 Å².